The molecule has 1 aliphatic rings. The molecule has 0 atom stereocenters. The van der Waals surface area contributed by atoms with Crippen LogP contribution in [0.3, 0.4) is 0 Å². The summed E-state index contributed by atoms with van der Waals surface area (Å²) in [5.74, 6) is 0.126. The van der Waals surface area contributed by atoms with E-state index in [4.69, 9.17) is 4.98 Å². The Morgan fingerprint density at radius 2 is 1.71 bits per heavy atom. The molecule has 3 nitrogen and oxygen atoms in total. The molecule has 1 saturated heterocycles. The predicted octanol–water partition coefficient (Wildman–Crippen LogP) is 4.45. The van der Waals surface area contributed by atoms with E-state index in [0.717, 1.165) is 53.7 Å². The van der Waals surface area contributed by atoms with E-state index in [1.807, 2.05) is 47.4 Å². The van der Waals surface area contributed by atoms with Gasteiger partial charge in [-0.3, -0.25) is 4.79 Å². The maximum atomic E-state index is 13.0. The third-order valence-corrected chi connectivity index (χ3v) is 4.76. The van der Waals surface area contributed by atoms with Gasteiger partial charge in [-0.15, -0.1) is 0 Å². The molecule has 0 radical (unpaired) electrons. The van der Waals surface area contributed by atoms with Gasteiger partial charge < -0.3 is 4.90 Å². The molecule has 4 rings (SSSR count). The van der Waals surface area contributed by atoms with Gasteiger partial charge in [-0.05, 0) is 37.5 Å². The number of fused-ring (bicyclic) bond motifs is 1. The van der Waals surface area contributed by atoms with Crippen molar-refractivity contribution in [2.75, 3.05) is 13.1 Å². The van der Waals surface area contributed by atoms with Crippen molar-refractivity contribution in [3.8, 4) is 11.3 Å². The predicted molar refractivity (Wildman–Crippen MR) is 97.1 cm³/mol. The largest absolute Gasteiger partial charge is 0.339 e. The summed E-state index contributed by atoms with van der Waals surface area (Å²) in [4.78, 5) is 19.8. The minimum atomic E-state index is 0.126. The Bertz CT molecular complexity index is 911. The van der Waals surface area contributed by atoms with Crippen molar-refractivity contribution in [2.45, 2.75) is 19.8 Å². The summed E-state index contributed by atoms with van der Waals surface area (Å²) in [6, 6.07) is 18.1. The van der Waals surface area contributed by atoms with Crippen LogP contribution < -0.4 is 0 Å². The number of aromatic nitrogens is 1. The standard InChI is InChI=1S/C21H20N2O/c1-15-8-2-3-9-16(15)20-14-18(21(24)23-12-6-7-13-23)17-10-4-5-11-19(17)22-20/h2-5,8-11,14H,6-7,12-13H2,1H3. The van der Waals surface area contributed by atoms with Gasteiger partial charge in [-0.2, -0.15) is 0 Å². The first-order valence-corrected chi connectivity index (χ1v) is 8.49. The van der Waals surface area contributed by atoms with Crippen LogP contribution in [-0.2, 0) is 0 Å². The van der Waals surface area contributed by atoms with E-state index in [0.29, 0.717) is 0 Å². The molecule has 1 amide bonds. The molecule has 1 fully saturated rings. The van der Waals surface area contributed by atoms with Gasteiger partial charge in [-0.1, -0.05) is 42.5 Å². The highest BCUT2D eigenvalue weighted by atomic mass is 16.2. The fraction of sp³-hybridized carbons (Fsp3) is 0.238. The molecule has 0 spiro atoms. The monoisotopic (exact) mass is 316 g/mol. The van der Waals surface area contributed by atoms with Crippen LogP contribution in [0, 0.1) is 6.92 Å². The quantitative estimate of drug-likeness (QED) is 0.700. The second-order valence-electron chi connectivity index (χ2n) is 6.39. The first-order chi connectivity index (χ1) is 11.7. The molecule has 120 valence electrons. The van der Waals surface area contributed by atoms with E-state index >= 15 is 0 Å². The molecule has 2 aromatic carbocycles. The lowest BCUT2D eigenvalue weighted by Gasteiger charge is -2.17. The van der Waals surface area contributed by atoms with Gasteiger partial charge in [0, 0.05) is 24.0 Å². The van der Waals surface area contributed by atoms with Crippen molar-refractivity contribution in [3.63, 3.8) is 0 Å². The zero-order valence-electron chi connectivity index (χ0n) is 13.8. The molecule has 0 aliphatic carbocycles. The molecule has 1 aromatic heterocycles. The lowest BCUT2D eigenvalue weighted by atomic mass is 10.0. The van der Waals surface area contributed by atoms with E-state index in [9.17, 15) is 4.79 Å². The molecule has 0 saturated carbocycles. The number of rotatable bonds is 2. The lowest BCUT2D eigenvalue weighted by Crippen LogP contribution is -2.27. The van der Waals surface area contributed by atoms with E-state index in [1.54, 1.807) is 0 Å². The number of nitrogens with zero attached hydrogens (tertiary/aromatic N) is 2. The highest BCUT2D eigenvalue weighted by Gasteiger charge is 2.22. The summed E-state index contributed by atoms with van der Waals surface area (Å²) in [6.45, 7) is 3.79. The number of likely N-dealkylation sites (tertiary alicyclic amines) is 1. The summed E-state index contributed by atoms with van der Waals surface area (Å²) < 4.78 is 0. The molecule has 3 heteroatoms. The van der Waals surface area contributed by atoms with Gasteiger partial charge in [0.05, 0.1) is 16.8 Å². The number of aryl methyl sites for hydroxylation is 1. The summed E-state index contributed by atoms with van der Waals surface area (Å²) in [5.41, 5.74) is 4.76. The Morgan fingerprint density at radius 3 is 2.50 bits per heavy atom. The number of hydrogen-bond acceptors (Lipinski definition) is 2. The van der Waals surface area contributed by atoms with Crippen molar-refractivity contribution in [3.05, 3.63) is 65.7 Å². The Hall–Kier alpha value is -2.68. The molecule has 0 unspecified atom stereocenters. The Morgan fingerprint density at radius 1 is 1.00 bits per heavy atom. The van der Waals surface area contributed by atoms with Crippen LogP contribution in [0.1, 0.15) is 28.8 Å². The van der Waals surface area contributed by atoms with Gasteiger partial charge in [0.25, 0.3) is 5.91 Å². The third kappa shape index (κ3) is 2.56. The first kappa shape index (κ1) is 14.9. The van der Waals surface area contributed by atoms with E-state index < -0.39 is 0 Å². The van der Waals surface area contributed by atoms with Gasteiger partial charge in [-0.25, -0.2) is 4.98 Å². The molecule has 1 aliphatic heterocycles. The Kier molecular flexibility index (Phi) is 3.77. The number of carbonyl (C=O) groups is 1. The van der Waals surface area contributed by atoms with Crippen LogP contribution in [0.4, 0.5) is 0 Å². The zero-order chi connectivity index (χ0) is 16.5. The molecule has 0 N–H and O–H groups in total. The van der Waals surface area contributed by atoms with Gasteiger partial charge in [0.1, 0.15) is 0 Å². The van der Waals surface area contributed by atoms with Gasteiger partial charge >= 0.3 is 0 Å². The SMILES string of the molecule is Cc1ccccc1-c1cc(C(=O)N2CCCC2)c2ccccc2n1. The average Bonchev–Trinajstić information content (AvgIpc) is 3.15. The van der Waals surface area contributed by atoms with E-state index in [1.165, 1.54) is 5.56 Å². The van der Waals surface area contributed by atoms with Gasteiger partial charge in [0.15, 0.2) is 0 Å². The lowest BCUT2D eigenvalue weighted by molar-refractivity contribution is 0.0794. The highest BCUT2D eigenvalue weighted by molar-refractivity contribution is 6.07. The number of carbonyl (C=O) groups excluding carboxylic acids is 1. The fourth-order valence-electron chi connectivity index (χ4n) is 3.44. The van der Waals surface area contributed by atoms with Crippen LogP contribution >= 0.6 is 0 Å². The van der Waals surface area contributed by atoms with Crippen molar-refractivity contribution in [2.24, 2.45) is 0 Å². The van der Waals surface area contributed by atoms with Crippen LogP contribution in [-0.4, -0.2) is 28.9 Å². The number of pyridine rings is 1. The molecule has 0 bridgehead atoms. The average molecular weight is 316 g/mol. The second kappa shape index (κ2) is 6.08. The number of benzene rings is 2. The van der Waals surface area contributed by atoms with Crippen molar-refractivity contribution in [1.82, 2.24) is 9.88 Å². The molecular formula is C21H20N2O. The van der Waals surface area contributed by atoms with Crippen LogP contribution in [0.2, 0.25) is 0 Å². The number of para-hydroxylation sites is 1. The topological polar surface area (TPSA) is 33.2 Å². The molecule has 24 heavy (non-hydrogen) atoms. The summed E-state index contributed by atoms with van der Waals surface area (Å²) in [6.07, 6.45) is 2.19. The van der Waals surface area contributed by atoms with Crippen LogP contribution in [0.25, 0.3) is 22.2 Å². The van der Waals surface area contributed by atoms with Crippen LogP contribution in [0.5, 0.6) is 0 Å². The maximum absolute atomic E-state index is 13.0. The third-order valence-electron chi connectivity index (χ3n) is 4.76. The maximum Gasteiger partial charge on any atom is 0.254 e. The number of amides is 1. The van der Waals surface area contributed by atoms with E-state index in [2.05, 4.69) is 19.1 Å². The first-order valence-electron chi connectivity index (χ1n) is 8.49. The van der Waals surface area contributed by atoms with Crippen molar-refractivity contribution in [1.29, 1.82) is 0 Å². The molecular weight excluding hydrogens is 296 g/mol. The van der Waals surface area contributed by atoms with Crippen molar-refractivity contribution < 1.29 is 4.79 Å². The number of hydrogen-bond donors (Lipinski definition) is 0. The molecule has 3 aromatic rings. The summed E-state index contributed by atoms with van der Waals surface area (Å²) in [7, 11) is 0. The zero-order valence-corrected chi connectivity index (χ0v) is 13.8. The van der Waals surface area contributed by atoms with Crippen molar-refractivity contribution >= 4 is 16.8 Å². The fourth-order valence-corrected chi connectivity index (χ4v) is 3.44. The minimum absolute atomic E-state index is 0.126. The normalized spacial score (nSPS) is 14.3. The highest BCUT2D eigenvalue weighted by Crippen LogP contribution is 2.28. The Balaban J connectivity index is 1.91. The smallest absolute Gasteiger partial charge is 0.254 e. The van der Waals surface area contributed by atoms with Crippen LogP contribution in [0.15, 0.2) is 54.6 Å². The van der Waals surface area contributed by atoms with E-state index in [-0.39, 0.29) is 5.91 Å². The second-order valence-corrected chi connectivity index (χ2v) is 6.39. The Labute approximate surface area is 141 Å². The summed E-state index contributed by atoms with van der Waals surface area (Å²) in [5, 5.41) is 0.937. The summed E-state index contributed by atoms with van der Waals surface area (Å²) >= 11 is 0. The molecule has 2 heterocycles. The van der Waals surface area contributed by atoms with Gasteiger partial charge in [0.2, 0.25) is 0 Å². The minimum Gasteiger partial charge on any atom is -0.339 e.